The fourth-order valence-corrected chi connectivity index (χ4v) is 4.42. The van der Waals surface area contributed by atoms with Gasteiger partial charge >= 0.3 is 0 Å². The number of carbonyl (C=O) groups excluding carboxylic acids is 2. The molecule has 1 saturated carbocycles. The van der Waals surface area contributed by atoms with Crippen LogP contribution in [0, 0.1) is 5.82 Å². The zero-order valence-corrected chi connectivity index (χ0v) is 17.2. The van der Waals surface area contributed by atoms with Gasteiger partial charge < -0.3 is 10.6 Å². The summed E-state index contributed by atoms with van der Waals surface area (Å²) in [6.07, 6.45) is 4.37. The average molecular weight is 424 g/mol. The third-order valence-electron chi connectivity index (χ3n) is 5.12. The standard InChI is InChI=1S/C23H22FN3O2S/c24-16-11-9-15(10-12-16)23-26-18(14-30-23)13-21(28)27-20-8-4-3-7-19(20)22(29)25-17-5-1-2-6-17/h3-4,7-12,14,17H,1-2,5-6,13H2,(H,25,29)(H,27,28). The number of anilines is 1. The summed E-state index contributed by atoms with van der Waals surface area (Å²) in [6.45, 7) is 0. The van der Waals surface area contributed by atoms with Gasteiger partial charge in [0.05, 0.1) is 23.4 Å². The number of hydrogen-bond acceptors (Lipinski definition) is 4. The second-order valence-electron chi connectivity index (χ2n) is 7.38. The van der Waals surface area contributed by atoms with Crippen molar-refractivity contribution in [1.82, 2.24) is 10.3 Å². The van der Waals surface area contributed by atoms with E-state index in [0.29, 0.717) is 16.9 Å². The molecule has 2 aromatic carbocycles. The van der Waals surface area contributed by atoms with Gasteiger partial charge in [-0.3, -0.25) is 9.59 Å². The summed E-state index contributed by atoms with van der Waals surface area (Å²) in [5, 5.41) is 8.44. The van der Waals surface area contributed by atoms with Crippen molar-refractivity contribution in [3.05, 3.63) is 71.0 Å². The number of rotatable bonds is 6. The number of benzene rings is 2. The largest absolute Gasteiger partial charge is 0.349 e. The number of para-hydroxylation sites is 1. The van der Waals surface area contributed by atoms with E-state index in [1.165, 1.54) is 23.5 Å². The van der Waals surface area contributed by atoms with E-state index < -0.39 is 0 Å². The van der Waals surface area contributed by atoms with E-state index in [9.17, 15) is 14.0 Å². The second-order valence-corrected chi connectivity index (χ2v) is 8.23. The molecule has 0 atom stereocenters. The number of carbonyl (C=O) groups is 2. The summed E-state index contributed by atoms with van der Waals surface area (Å²) in [5.41, 5.74) is 2.39. The van der Waals surface area contributed by atoms with Gasteiger partial charge in [0.2, 0.25) is 5.91 Å². The van der Waals surface area contributed by atoms with Gasteiger partial charge in [0.1, 0.15) is 10.8 Å². The molecule has 154 valence electrons. The number of aromatic nitrogens is 1. The number of halogens is 1. The van der Waals surface area contributed by atoms with Crippen LogP contribution in [-0.4, -0.2) is 22.8 Å². The third kappa shape index (κ3) is 4.91. The maximum Gasteiger partial charge on any atom is 0.253 e. The van der Waals surface area contributed by atoms with Crippen LogP contribution in [0.15, 0.2) is 53.9 Å². The SMILES string of the molecule is O=C(Cc1csc(-c2ccc(F)cc2)n1)Nc1ccccc1C(=O)NC1CCCC1. The molecule has 1 aliphatic rings. The van der Waals surface area contributed by atoms with Gasteiger partial charge in [-0.2, -0.15) is 0 Å². The lowest BCUT2D eigenvalue weighted by Gasteiger charge is -2.14. The second kappa shape index (κ2) is 9.17. The van der Waals surface area contributed by atoms with Crippen LogP contribution in [0.3, 0.4) is 0 Å². The maximum absolute atomic E-state index is 13.1. The van der Waals surface area contributed by atoms with Crippen molar-refractivity contribution in [1.29, 1.82) is 0 Å². The first kappa shape index (κ1) is 20.2. The predicted octanol–water partition coefficient (Wildman–Crippen LogP) is 4.80. The molecular formula is C23H22FN3O2S. The molecule has 4 rings (SSSR count). The Hall–Kier alpha value is -3.06. The van der Waals surface area contributed by atoms with Gasteiger partial charge in [0.25, 0.3) is 5.91 Å². The Morgan fingerprint density at radius 1 is 1.07 bits per heavy atom. The Labute approximate surface area is 178 Å². The third-order valence-corrected chi connectivity index (χ3v) is 6.06. The number of amides is 2. The Morgan fingerprint density at radius 2 is 1.80 bits per heavy atom. The van der Waals surface area contributed by atoms with E-state index in [1.54, 1.807) is 36.4 Å². The summed E-state index contributed by atoms with van der Waals surface area (Å²) >= 11 is 1.40. The smallest absolute Gasteiger partial charge is 0.253 e. The monoisotopic (exact) mass is 423 g/mol. The van der Waals surface area contributed by atoms with Crippen molar-refractivity contribution >= 4 is 28.8 Å². The van der Waals surface area contributed by atoms with Crippen LogP contribution in [0.1, 0.15) is 41.7 Å². The van der Waals surface area contributed by atoms with E-state index in [1.807, 2.05) is 5.38 Å². The summed E-state index contributed by atoms with van der Waals surface area (Å²) in [5.74, 6) is -0.706. The molecule has 0 saturated heterocycles. The molecule has 30 heavy (non-hydrogen) atoms. The molecule has 5 nitrogen and oxygen atoms in total. The molecule has 0 radical (unpaired) electrons. The lowest BCUT2D eigenvalue weighted by atomic mass is 10.1. The van der Waals surface area contributed by atoms with Gasteiger partial charge in [0, 0.05) is 17.0 Å². The van der Waals surface area contributed by atoms with Crippen LogP contribution in [0.2, 0.25) is 0 Å². The first-order chi connectivity index (χ1) is 14.6. The Morgan fingerprint density at radius 3 is 2.57 bits per heavy atom. The molecule has 0 aliphatic heterocycles. The zero-order chi connectivity index (χ0) is 20.9. The quantitative estimate of drug-likeness (QED) is 0.598. The maximum atomic E-state index is 13.1. The molecule has 3 aromatic rings. The van der Waals surface area contributed by atoms with Crippen LogP contribution in [-0.2, 0) is 11.2 Å². The minimum atomic E-state index is -0.300. The van der Waals surface area contributed by atoms with Crippen LogP contribution in [0.4, 0.5) is 10.1 Å². The van der Waals surface area contributed by atoms with E-state index >= 15 is 0 Å². The molecule has 0 bridgehead atoms. The predicted molar refractivity (Wildman–Crippen MR) is 116 cm³/mol. The number of hydrogen-bond donors (Lipinski definition) is 2. The highest BCUT2D eigenvalue weighted by molar-refractivity contribution is 7.13. The van der Waals surface area contributed by atoms with Crippen molar-refractivity contribution in [3.8, 4) is 10.6 Å². The molecule has 2 N–H and O–H groups in total. The summed E-state index contributed by atoms with van der Waals surface area (Å²) in [4.78, 5) is 29.7. The Kier molecular flexibility index (Phi) is 6.18. The highest BCUT2D eigenvalue weighted by Gasteiger charge is 2.20. The van der Waals surface area contributed by atoms with Gasteiger partial charge in [-0.15, -0.1) is 11.3 Å². The molecule has 0 unspecified atom stereocenters. The molecule has 1 aromatic heterocycles. The summed E-state index contributed by atoms with van der Waals surface area (Å²) < 4.78 is 13.1. The van der Waals surface area contributed by atoms with Crippen LogP contribution in [0.25, 0.3) is 10.6 Å². The van der Waals surface area contributed by atoms with Gasteiger partial charge in [-0.25, -0.2) is 9.37 Å². The summed E-state index contributed by atoms with van der Waals surface area (Å²) in [6, 6.07) is 13.3. The van der Waals surface area contributed by atoms with Crippen molar-refractivity contribution < 1.29 is 14.0 Å². The molecular weight excluding hydrogens is 401 g/mol. The van der Waals surface area contributed by atoms with Crippen LogP contribution in [0.5, 0.6) is 0 Å². The van der Waals surface area contributed by atoms with Crippen molar-refractivity contribution in [2.45, 2.75) is 38.1 Å². The highest BCUT2D eigenvalue weighted by Crippen LogP contribution is 2.25. The van der Waals surface area contributed by atoms with Gasteiger partial charge in [-0.1, -0.05) is 25.0 Å². The molecule has 0 spiro atoms. The van der Waals surface area contributed by atoms with Gasteiger partial charge in [0.15, 0.2) is 0 Å². The fraction of sp³-hybridized carbons (Fsp3) is 0.261. The number of thiazole rings is 1. The van der Waals surface area contributed by atoms with E-state index in [4.69, 9.17) is 0 Å². The lowest BCUT2D eigenvalue weighted by molar-refractivity contribution is -0.115. The lowest BCUT2D eigenvalue weighted by Crippen LogP contribution is -2.33. The average Bonchev–Trinajstić information content (AvgIpc) is 3.41. The minimum absolute atomic E-state index is 0.0935. The zero-order valence-electron chi connectivity index (χ0n) is 16.4. The van der Waals surface area contributed by atoms with Crippen LogP contribution >= 0.6 is 11.3 Å². The molecule has 1 fully saturated rings. The highest BCUT2D eigenvalue weighted by atomic mass is 32.1. The molecule has 7 heteroatoms. The van der Waals surface area contributed by atoms with Crippen molar-refractivity contribution in [2.24, 2.45) is 0 Å². The Balaban J connectivity index is 1.41. The summed E-state index contributed by atoms with van der Waals surface area (Å²) in [7, 11) is 0. The van der Waals surface area contributed by atoms with Crippen LogP contribution < -0.4 is 10.6 Å². The molecule has 2 amide bonds. The first-order valence-corrected chi connectivity index (χ1v) is 10.9. The van der Waals surface area contributed by atoms with E-state index in [2.05, 4.69) is 15.6 Å². The first-order valence-electron chi connectivity index (χ1n) is 9.98. The molecule has 1 aliphatic carbocycles. The normalized spacial score (nSPS) is 13.9. The number of nitrogens with one attached hydrogen (secondary N) is 2. The van der Waals surface area contributed by atoms with E-state index in [-0.39, 0.29) is 30.1 Å². The Bertz CT molecular complexity index is 1040. The van der Waals surface area contributed by atoms with Crippen molar-refractivity contribution in [2.75, 3.05) is 5.32 Å². The molecule has 1 heterocycles. The number of nitrogens with zero attached hydrogens (tertiary/aromatic N) is 1. The van der Waals surface area contributed by atoms with Crippen molar-refractivity contribution in [3.63, 3.8) is 0 Å². The van der Waals surface area contributed by atoms with Gasteiger partial charge in [-0.05, 0) is 49.2 Å². The van der Waals surface area contributed by atoms with E-state index in [0.717, 1.165) is 36.3 Å². The topological polar surface area (TPSA) is 71.1 Å². The fourth-order valence-electron chi connectivity index (χ4n) is 3.60. The minimum Gasteiger partial charge on any atom is -0.349 e.